The summed E-state index contributed by atoms with van der Waals surface area (Å²) in [4.78, 5) is 11.2. The van der Waals surface area contributed by atoms with Gasteiger partial charge in [-0.15, -0.1) is 13.2 Å². The highest BCUT2D eigenvalue weighted by molar-refractivity contribution is 6.31. The molecular formula is C27H20ClF3N2O5. The number of carboxylic acid groups (broad SMARTS) is 1. The molecule has 0 bridgehead atoms. The largest absolute Gasteiger partial charge is 0.573 e. The number of benzene rings is 3. The first kappa shape index (κ1) is 25.5. The Morgan fingerprint density at radius 2 is 1.87 bits per heavy atom. The first-order valence-electron chi connectivity index (χ1n) is 11.4. The Labute approximate surface area is 218 Å². The van der Waals surface area contributed by atoms with Gasteiger partial charge in [-0.1, -0.05) is 28.9 Å². The maximum Gasteiger partial charge on any atom is 0.573 e. The Hall–Kier alpha value is -4.18. The van der Waals surface area contributed by atoms with Crippen LogP contribution < -0.4 is 9.47 Å². The van der Waals surface area contributed by atoms with E-state index >= 15 is 0 Å². The Bertz CT molecular complexity index is 1680. The molecule has 7 nitrogen and oxygen atoms in total. The first-order chi connectivity index (χ1) is 18.0. The number of hydrogen-bond donors (Lipinski definition) is 1. The minimum atomic E-state index is -4.85. The van der Waals surface area contributed by atoms with Gasteiger partial charge in [0.05, 0.1) is 5.52 Å². The molecule has 0 spiro atoms. The molecule has 0 fully saturated rings. The number of hydrogen-bond acceptors (Lipinski definition) is 5. The minimum absolute atomic E-state index is 0.248. The van der Waals surface area contributed by atoms with Crippen molar-refractivity contribution in [1.82, 2.24) is 9.72 Å². The number of carbonyl (C=O) groups is 1. The van der Waals surface area contributed by atoms with Gasteiger partial charge < -0.3 is 23.7 Å². The molecule has 0 amide bonds. The summed E-state index contributed by atoms with van der Waals surface area (Å²) < 4.78 is 56.0. The van der Waals surface area contributed by atoms with E-state index in [1.807, 2.05) is 17.6 Å². The number of halogens is 4. The van der Waals surface area contributed by atoms with Crippen molar-refractivity contribution < 1.29 is 37.1 Å². The molecule has 0 saturated heterocycles. The van der Waals surface area contributed by atoms with E-state index in [0.29, 0.717) is 43.9 Å². The number of rotatable bonds is 7. The van der Waals surface area contributed by atoms with Gasteiger partial charge >= 0.3 is 12.3 Å². The molecule has 2 heterocycles. The maximum atomic E-state index is 13.0. The van der Waals surface area contributed by atoms with E-state index in [9.17, 15) is 18.0 Å². The molecule has 3 aromatic carbocycles. The number of alkyl halides is 3. The fraction of sp³-hybridized carbons (Fsp3) is 0.185. The standard InChI is InChI=1S/C27H20ClF3N2O5/c1-14-24(25-21-8-6-17(28)11-23(21)38-32-25)20-9-7-19(37-27(29,30)31)12-22(20)33(14)13-16-4-3-5-18(10-16)36-15(2)26(34)35/h3-12,15H,13H2,1-2H3,(H,34,35)/t15-/m1/s1. The van der Waals surface area contributed by atoms with Crippen molar-refractivity contribution in [1.29, 1.82) is 0 Å². The second-order valence-electron chi connectivity index (χ2n) is 8.69. The van der Waals surface area contributed by atoms with Crippen LogP contribution in [0.4, 0.5) is 13.2 Å². The number of nitrogens with zero attached hydrogens (tertiary/aromatic N) is 2. The lowest BCUT2D eigenvalue weighted by molar-refractivity contribution is -0.274. The molecule has 11 heteroatoms. The number of fused-ring (bicyclic) bond motifs is 2. The average molecular weight is 545 g/mol. The van der Waals surface area contributed by atoms with Gasteiger partial charge in [0.25, 0.3) is 0 Å². The van der Waals surface area contributed by atoms with E-state index in [1.165, 1.54) is 19.1 Å². The normalized spacial score (nSPS) is 12.7. The van der Waals surface area contributed by atoms with Crippen LogP contribution in [0.5, 0.6) is 11.5 Å². The van der Waals surface area contributed by atoms with Gasteiger partial charge in [0, 0.05) is 45.7 Å². The lowest BCUT2D eigenvalue weighted by Crippen LogP contribution is -2.22. The molecule has 2 aromatic heterocycles. The third kappa shape index (κ3) is 4.99. The predicted molar refractivity (Wildman–Crippen MR) is 135 cm³/mol. The summed E-state index contributed by atoms with van der Waals surface area (Å²) in [5, 5.41) is 15.2. The Kier molecular flexibility index (Phi) is 6.44. The molecule has 5 rings (SSSR count). The number of aromatic nitrogens is 2. The van der Waals surface area contributed by atoms with Crippen LogP contribution in [0.1, 0.15) is 18.2 Å². The van der Waals surface area contributed by atoms with Crippen LogP contribution >= 0.6 is 11.6 Å². The molecule has 196 valence electrons. The van der Waals surface area contributed by atoms with Crippen molar-refractivity contribution in [2.75, 3.05) is 0 Å². The van der Waals surface area contributed by atoms with Gasteiger partial charge in [-0.05, 0) is 55.8 Å². The molecule has 0 saturated carbocycles. The van der Waals surface area contributed by atoms with Gasteiger partial charge in [-0.25, -0.2) is 4.79 Å². The van der Waals surface area contributed by atoms with Crippen molar-refractivity contribution in [2.24, 2.45) is 0 Å². The smallest absolute Gasteiger partial charge is 0.479 e. The molecule has 5 aromatic rings. The fourth-order valence-electron chi connectivity index (χ4n) is 4.40. The molecule has 0 unspecified atom stereocenters. The lowest BCUT2D eigenvalue weighted by Gasteiger charge is -2.14. The highest BCUT2D eigenvalue weighted by Crippen LogP contribution is 2.40. The first-order valence-corrected chi connectivity index (χ1v) is 11.8. The molecule has 1 N–H and O–H groups in total. The quantitative estimate of drug-likeness (QED) is 0.233. The molecule has 0 aliphatic rings. The highest BCUT2D eigenvalue weighted by Gasteiger charge is 2.31. The lowest BCUT2D eigenvalue weighted by atomic mass is 10.0. The van der Waals surface area contributed by atoms with Crippen molar-refractivity contribution in [2.45, 2.75) is 32.9 Å². The summed E-state index contributed by atoms with van der Waals surface area (Å²) >= 11 is 6.09. The summed E-state index contributed by atoms with van der Waals surface area (Å²) in [6, 6.07) is 16.1. The van der Waals surface area contributed by atoms with Gasteiger partial charge in [0.1, 0.15) is 17.2 Å². The second-order valence-corrected chi connectivity index (χ2v) is 9.13. The molecule has 0 aliphatic heterocycles. The van der Waals surface area contributed by atoms with Gasteiger partial charge in [0.15, 0.2) is 11.7 Å². The Morgan fingerprint density at radius 3 is 2.61 bits per heavy atom. The van der Waals surface area contributed by atoms with Crippen molar-refractivity contribution >= 4 is 39.4 Å². The van der Waals surface area contributed by atoms with Gasteiger partial charge in [0.2, 0.25) is 0 Å². The zero-order valence-electron chi connectivity index (χ0n) is 20.0. The molecule has 0 aliphatic carbocycles. The van der Waals surface area contributed by atoms with Crippen molar-refractivity contribution in [3.05, 3.63) is 76.9 Å². The van der Waals surface area contributed by atoms with Crippen LogP contribution in [0.2, 0.25) is 5.02 Å². The molecule has 0 radical (unpaired) electrons. The minimum Gasteiger partial charge on any atom is -0.479 e. The van der Waals surface area contributed by atoms with Crippen LogP contribution in [0.15, 0.2) is 65.2 Å². The van der Waals surface area contributed by atoms with E-state index in [4.69, 9.17) is 26.0 Å². The Balaban J connectivity index is 1.65. The topological polar surface area (TPSA) is 86.7 Å². The van der Waals surface area contributed by atoms with Crippen LogP contribution in [0.25, 0.3) is 33.1 Å². The summed E-state index contributed by atoms with van der Waals surface area (Å²) in [7, 11) is 0. The third-order valence-electron chi connectivity index (χ3n) is 6.10. The highest BCUT2D eigenvalue weighted by atomic mass is 35.5. The molecule has 1 atom stereocenters. The maximum absolute atomic E-state index is 13.0. The van der Waals surface area contributed by atoms with Crippen LogP contribution in [-0.2, 0) is 11.3 Å². The van der Waals surface area contributed by atoms with E-state index in [2.05, 4.69) is 9.89 Å². The summed E-state index contributed by atoms with van der Waals surface area (Å²) in [5.74, 6) is -1.11. The predicted octanol–water partition coefficient (Wildman–Crippen LogP) is 7.21. The number of ether oxygens (including phenoxy) is 2. The van der Waals surface area contributed by atoms with E-state index < -0.39 is 18.4 Å². The van der Waals surface area contributed by atoms with Gasteiger partial charge in [-0.2, -0.15) is 0 Å². The van der Waals surface area contributed by atoms with Crippen LogP contribution in [-0.4, -0.2) is 33.3 Å². The average Bonchev–Trinajstić information content (AvgIpc) is 3.36. The zero-order chi connectivity index (χ0) is 27.2. The SMILES string of the molecule is Cc1c(-c2noc3cc(Cl)ccc23)c2ccc(OC(F)(F)F)cc2n1Cc1cccc(O[C@H](C)C(=O)O)c1. The molecular weight excluding hydrogens is 525 g/mol. The van der Waals surface area contributed by atoms with Crippen LogP contribution in [0.3, 0.4) is 0 Å². The monoisotopic (exact) mass is 544 g/mol. The zero-order valence-corrected chi connectivity index (χ0v) is 20.8. The number of aliphatic carboxylic acids is 1. The molecule has 38 heavy (non-hydrogen) atoms. The fourth-order valence-corrected chi connectivity index (χ4v) is 4.56. The third-order valence-corrected chi connectivity index (χ3v) is 6.34. The second kappa shape index (κ2) is 9.60. The van der Waals surface area contributed by atoms with E-state index in [1.54, 1.807) is 42.5 Å². The summed E-state index contributed by atoms with van der Waals surface area (Å²) in [5.41, 5.74) is 3.63. The van der Waals surface area contributed by atoms with Crippen molar-refractivity contribution in [3.63, 3.8) is 0 Å². The summed E-state index contributed by atoms with van der Waals surface area (Å²) in [6.45, 7) is 3.50. The van der Waals surface area contributed by atoms with Crippen molar-refractivity contribution in [3.8, 4) is 22.8 Å². The number of carboxylic acids is 1. The van der Waals surface area contributed by atoms with Gasteiger partial charge in [-0.3, -0.25) is 0 Å². The summed E-state index contributed by atoms with van der Waals surface area (Å²) in [6.07, 6.45) is -5.90. The van der Waals surface area contributed by atoms with Crippen LogP contribution in [0, 0.1) is 6.92 Å². The van der Waals surface area contributed by atoms with E-state index in [-0.39, 0.29) is 12.3 Å². The Morgan fingerprint density at radius 1 is 1.11 bits per heavy atom. The van der Waals surface area contributed by atoms with E-state index in [0.717, 1.165) is 11.3 Å².